The molecule has 41 valence electrons. The second-order valence-electron chi connectivity index (χ2n) is 0. The minimum absolute atomic E-state index is 0. The van der Waals surface area contributed by atoms with Crippen molar-refractivity contribution in [1.82, 2.24) is 0 Å². The van der Waals surface area contributed by atoms with E-state index >= 15 is 0 Å². The van der Waals surface area contributed by atoms with E-state index in [4.69, 9.17) is 0 Å². The Hall–Kier alpha value is 2.44. The minimum atomic E-state index is 0. The summed E-state index contributed by atoms with van der Waals surface area (Å²) < 4.78 is 0. The third-order valence-corrected chi connectivity index (χ3v) is 0. The molecule has 0 amide bonds. The maximum absolute atomic E-state index is 0. The van der Waals surface area contributed by atoms with Crippen LogP contribution in [0.25, 0.3) is 0 Å². The van der Waals surface area contributed by atoms with Crippen LogP contribution in [0.3, 0.4) is 0 Å². The fourth-order valence-corrected chi connectivity index (χ4v) is 0. The summed E-state index contributed by atoms with van der Waals surface area (Å²) >= 11 is 0. The molecule has 7 heavy (non-hydrogen) atoms. The molecule has 0 aromatic heterocycles. The Bertz CT molecular complexity index is 8.04. The molecule has 0 heterocycles. The summed E-state index contributed by atoms with van der Waals surface area (Å²) in [5, 5.41) is 0. The molecule has 0 aliphatic rings. The molecule has 0 atom stereocenters. The molecule has 0 spiro atoms. The molecule has 0 unspecified atom stereocenters. The predicted octanol–water partition coefficient (Wildman–Crippen LogP) is -1.26. The van der Waals surface area contributed by atoms with Crippen molar-refractivity contribution in [2.24, 2.45) is 0 Å². The quantitative estimate of drug-likeness (QED) is 0.500. The van der Waals surface area contributed by atoms with Crippen molar-refractivity contribution in [2.75, 3.05) is 0 Å². The van der Waals surface area contributed by atoms with Gasteiger partial charge in [0.15, 0.2) is 0 Å². The van der Waals surface area contributed by atoms with E-state index in [0.29, 0.717) is 0 Å². The van der Waals surface area contributed by atoms with Crippen LogP contribution in [-0.2, 0) is 0 Å². The van der Waals surface area contributed by atoms with Gasteiger partial charge in [0.05, 0.1) is 0 Å². The standard InChI is InChI=1S/Ca.Ce.5H2O/h;;5*1H2/q+2;+3;;;;;/p-5. The summed E-state index contributed by atoms with van der Waals surface area (Å²) in [4.78, 5) is 0. The Balaban J connectivity index is 0. The van der Waals surface area contributed by atoms with Crippen LogP contribution < -0.4 is 0 Å². The molecular formula is H5CaCeO5. The van der Waals surface area contributed by atoms with E-state index < -0.39 is 0 Å². The van der Waals surface area contributed by atoms with E-state index in [1.807, 2.05) is 0 Å². The molecule has 0 rings (SSSR count). The van der Waals surface area contributed by atoms with E-state index in [1.54, 1.807) is 0 Å². The Morgan fingerprint density at radius 2 is 0.429 bits per heavy atom. The van der Waals surface area contributed by atoms with Crippen molar-refractivity contribution in [2.45, 2.75) is 0 Å². The van der Waals surface area contributed by atoms with Gasteiger partial charge in [-0.15, -0.1) is 0 Å². The second-order valence-corrected chi connectivity index (χ2v) is 0. The number of rotatable bonds is 0. The Labute approximate surface area is 105 Å². The van der Waals surface area contributed by atoms with Gasteiger partial charge in [0, 0.05) is 0 Å². The van der Waals surface area contributed by atoms with E-state index in [9.17, 15) is 0 Å². The van der Waals surface area contributed by atoms with Crippen LogP contribution in [0.2, 0.25) is 0 Å². The van der Waals surface area contributed by atoms with Crippen molar-refractivity contribution < 1.29 is 69.1 Å². The van der Waals surface area contributed by atoms with Gasteiger partial charge in [-0.1, -0.05) is 0 Å². The molecule has 0 saturated heterocycles. The molecule has 0 aliphatic carbocycles. The minimum Gasteiger partial charge on any atom is -0.870 e. The van der Waals surface area contributed by atoms with Gasteiger partial charge in [0.1, 0.15) is 0 Å². The Kier molecular flexibility index (Phi) is 1270. The van der Waals surface area contributed by atoms with Crippen LogP contribution in [0.1, 0.15) is 0 Å². The van der Waals surface area contributed by atoms with Crippen molar-refractivity contribution in [1.29, 1.82) is 0 Å². The largest absolute Gasteiger partial charge is 3.00 e. The molecule has 0 saturated carbocycles. The maximum atomic E-state index is 0. The van der Waals surface area contributed by atoms with Gasteiger partial charge in [-0.05, 0) is 0 Å². The summed E-state index contributed by atoms with van der Waals surface area (Å²) in [5.41, 5.74) is 0. The summed E-state index contributed by atoms with van der Waals surface area (Å²) in [7, 11) is 0. The Morgan fingerprint density at radius 3 is 0.429 bits per heavy atom. The molecule has 5 nitrogen and oxygen atoms in total. The van der Waals surface area contributed by atoms with Gasteiger partial charge in [-0.25, -0.2) is 0 Å². The third-order valence-electron chi connectivity index (χ3n) is 0. The van der Waals surface area contributed by atoms with Crippen molar-refractivity contribution in [3.63, 3.8) is 0 Å². The molecular weight excluding hydrogens is 260 g/mol. The molecule has 0 bridgehead atoms. The van der Waals surface area contributed by atoms with Gasteiger partial charge in [0.2, 0.25) is 0 Å². The van der Waals surface area contributed by atoms with Crippen LogP contribution in [0.4, 0.5) is 0 Å². The molecule has 0 fully saturated rings. The van der Waals surface area contributed by atoms with Crippen molar-refractivity contribution in [3.05, 3.63) is 0 Å². The van der Waals surface area contributed by atoms with E-state index in [-0.39, 0.29) is 107 Å². The van der Waals surface area contributed by atoms with E-state index in [0.717, 1.165) is 0 Å². The monoisotopic (exact) mass is 265 g/mol. The molecule has 5 N–H and O–H groups in total. The van der Waals surface area contributed by atoms with Gasteiger partial charge < -0.3 is 27.4 Å². The van der Waals surface area contributed by atoms with Crippen LogP contribution in [-0.4, -0.2) is 65.1 Å². The van der Waals surface area contributed by atoms with E-state index in [2.05, 4.69) is 0 Å². The van der Waals surface area contributed by atoms with E-state index in [1.165, 1.54) is 0 Å². The smallest absolute Gasteiger partial charge is 0.870 e. The van der Waals surface area contributed by atoms with Gasteiger partial charge in [-0.3, -0.25) is 0 Å². The number of hydrogen-bond donors (Lipinski definition) is 0. The first kappa shape index (κ1) is 113. The average molecular weight is 265 g/mol. The van der Waals surface area contributed by atoms with Gasteiger partial charge >= 0.3 is 79.5 Å². The molecule has 7 heteroatoms. The topological polar surface area (TPSA) is 150 Å². The van der Waals surface area contributed by atoms with Crippen LogP contribution in [0, 0.1) is 41.7 Å². The molecule has 0 aromatic carbocycles. The first-order valence-electron chi connectivity index (χ1n) is 0. The normalized spacial score (nSPS) is 0. The Morgan fingerprint density at radius 1 is 0.429 bits per heavy atom. The molecule has 0 aromatic rings. The third kappa shape index (κ3) is 58.9. The zero-order valence-corrected chi connectivity index (χ0v) is 8.79. The molecule has 1 radical (unpaired) electrons. The fourth-order valence-electron chi connectivity index (χ4n) is 0. The summed E-state index contributed by atoms with van der Waals surface area (Å²) in [6.07, 6.45) is 0. The average Bonchev–Trinajstić information content (AvgIpc) is 0. The zero-order valence-electron chi connectivity index (χ0n) is 3.44. The summed E-state index contributed by atoms with van der Waals surface area (Å²) in [6, 6.07) is 0. The first-order chi connectivity index (χ1) is 0. The summed E-state index contributed by atoms with van der Waals surface area (Å²) in [6.45, 7) is 0. The van der Waals surface area contributed by atoms with Crippen LogP contribution in [0.15, 0.2) is 0 Å². The number of hydrogen-bond acceptors (Lipinski definition) is 5. The van der Waals surface area contributed by atoms with Crippen LogP contribution >= 0.6 is 0 Å². The predicted molar refractivity (Wildman–Crippen MR) is 15.4 cm³/mol. The zero-order chi connectivity index (χ0) is 0. The van der Waals surface area contributed by atoms with Gasteiger partial charge in [-0.2, -0.15) is 0 Å². The van der Waals surface area contributed by atoms with Gasteiger partial charge in [0.25, 0.3) is 0 Å². The first-order valence-corrected chi connectivity index (χ1v) is 0. The van der Waals surface area contributed by atoms with Crippen molar-refractivity contribution >= 4 is 37.7 Å². The van der Waals surface area contributed by atoms with Crippen molar-refractivity contribution in [3.8, 4) is 0 Å². The van der Waals surface area contributed by atoms with Crippen LogP contribution in [0.5, 0.6) is 0 Å². The molecule has 0 aliphatic heterocycles. The second kappa shape index (κ2) is 78.6. The fraction of sp³-hybridized carbons (Fsp3) is 0. The maximum Gasteiger partial charge on any atom is 3.00 e. The summed E-state index contributed by atoms with van der Waals surface area (Å²) in [5.74, 6) is 0. The SMILES string of the molecule is [Ca+2].[Ce+3].[OH-].[OH-].[OH-].[OH-].[OH-].